The van der Waals surface area contributed by atoms with E-state index in [1.807, 2.05) is 42.6 Å². The van der Waals surface area contributed by atoms with Crippen LogP contribution in [0.4, 0.5) is 0 Å². The minimum Gasteiger partial charge on any atom is -0.347 e. The first-order valence-corrected chi connectivity index (χ1v) is 11.6. The molecule has 0 aliphatic heterocycles. The number of nitrogens with two attached hydrogens (primary N) is 1. The van der Waals surface area contributed by atoms with Gasteiger partial charge in [-0.3, -0.25) is 4.79 Å². The van der Waals surface area contributed by atoms with Crippen molar-refractivity contribution >= 4 is 27.9 Å². The van der Waals surface area contributed by atoms with Gasteiger partial charge in [-0.15, -0.1) is 4.73 Å². The highest BCUT2D eigenvalue weighted by Crippen LogP contribution is 2.31. The van der Waals surface area contributed by atoms with Crippen LogP contribution in [0.25, 0.3) is 33.2 Å². The van der Waals surface area contributed by atoms with Gasteiger partial charge in [0.15, 0.2) is 0 Å². The summed E-state index contributed by atoms with van der Waals surface area (Å²) in [6, 6.07) is 12.0. The first-order valence-electron chi connectivity index (χ1n) is 11.6. The van der Waals surface area contributed by atoms with Gasteiger partial charge in [-0.25, -0.2) is 9.78 Å². The van der Waals surface area contributed by atoms with E-state index < -0.39 is 11.5 Å². The fourth-order valence-corrected chi connectivity index (χ4v) is 4.83. The molecule has 0 atom stereocenters. The summed E-state index contributed by atoms with van der Waals surface area (Å²) >= 11 is 0. The van der Waals surface area contributed by atoms with Crippen molar-refractivity contribution in [3.05, 3.63) is 64.1 Å². The third kappa shape index (κ3) is 3.93. The molecule has 0 saturated heterocycles. The highest BCUT2D eigenvalue weighted by Gasteiger charge is 2.21. The topological polar surface area (TPSA) is 92.1 Å². The molecule has 0 fully saturated rings. The van der Waals surface area contributed by atoms with Gasteiger partial charge in [0, 0.05) is 36.1 Å². The van der Waals surface area contributed by atoms with Gasteiger partial charge in [0.05, 0.1) is 5.52 Å². The maximum absolute atomic E-state index is 13.6. The molecular weight excluding hydrogens is 416 g/mol. The first-order chi connectivity index (χ1) is 16.1. The number of aromatic nitrogens is 3. The Morgan fingerprint density at radius 2 is 1.85 bits per heavy atom. The Hall–Kier alpha value is -3.45. The van der Waals surface area contributed by atoms with Crippen molar-refractivity contribution in [1.29, 1.82) is 0 Å². The van der Waals surface area contributed by atoms with Crippen molar-refractivity contribution in [1.82, 2.24) is 14.3 Å². The summed E-state index contributed by atoms with van der Waals surface area (Å²) in [5.74, 6) is -0.544. The standard InChI is InChI=1S/C26H28N4O3/c1-17(31)33-30-24-15-19-9-3-2-8-18(19)14-22(24)28-25(26(30)32)21-16-29(13-7-6-12-27)23-11-5-4-10-20(21)23/h4-5,10-11,14-16H,2-3,6-9,12-13,27H2,1H3. The van der Waals surface area contributed by atoms with Crippen molar-refractivity contribution in [2.45, 2.75) is 52.0 Å². The number of para-hydroxylation sites is 1. The molecule has 7 heteroatoms. The van der Waals surface area contributed by atoms with E-state index in [1.54, 1.807) is 0 Å². The van der Waals surface area contributed by atoms with Crippen LogP contribution < -0.4 is 16.1 Å². The summed E-state index contributed by atoms with van der Waals surface area (Å²) in [5.41, 5.74) is 10.9. The van der Waals surface area contributed by atoms with E-state index in [1.165, 1.54) is 18.1 Å². The predicted octanol–water partition coefficient (Wildman–Crippen LogP) is 3.61. The van der Waals surface area contributed by atoms with Crippen LogP contribution in [0.3, 0.4) is 0 Å². The highest BCUT2D eigenvalue weighted by atomic mass is 16.7. The Kier molecular flexibility index (Phi) is 5.72. The van der Waals surface area contributed by atoms with Gasteiger partial charge in [-0.05, 0) is 74.4 Å². The number of rotatable bonds is 6. The number of hydrogen-bond acceptors (Lipinski definition) is 5. The molecule has 0 saturated carbocycles. The summed E-state index contributed by atoms with van der Waals surface area (Å²) in [4.78, 5) is 35.7. The van der Waals surface area contributed by atoms with Crippen LogP contribution in [-0.2, 0) is 24.2 Å². The van der Waals surface area contributed by atoms with E-state index in [2.05, 4.69) is 4.57 Å². The van der Waals surface area contributed by atoms with Crippen molar-refractivity contribution in [2.75, 3.05) is 6.54 Å². The summed E-state index contributed by atoms with van der Waals surface area (Å²) in [7, 11) is 0. The summed E-state index contributed by atoms with van der Waals surface area (Å²) < 4.78 is 3.27. The normalized spacial score (nSPS) is 13.4. The second-order valence-electron chi connectivity index (χ2n) is 8.71. The van der Waals surface area contributed by atoms with Gasteiger partial charge in [0.1, 0.15) is 11.2 Å². The molecule has 33 heavy (non-hydrogen) atoms. The lowest BCUT2D eigenvalue weighted by atomic mass is 9.91. The fourth-order valence-electron chi connectivity index (χ4n) is 4.83. The number of fused-ring (bicyclic) bond motifs is 3. The molecule has 0 unspecified atom stereocenters. The number of unbranched alkanes of at least 4 members (excludes halogenated alkanes) is 1. The van der Waals surface area contributed by atoms with Crippen molar-refractivity contribution in [3.63, 3.8) is 0 Å². The molecule has 0 spiro atoms. The lowest BCUT2D eigenvalue weighted by Gasteiger charge is -2.18. The Labute approximate surface area is 191 Å². The zero-order valence-electron chi connectivity index (χ0n) is 18.8. The van der Waals surface area contributed by atoms with E-state index in [0.29, 0.717) is 17.6 Å². The van der Waals surface area contributed by atoms with Crippen LogP contribution in [0, 0.1) is 0 Å². The molecular formula is C26H28N4O3. The van der Waals surface area contributed by atoms with Crippen molar-refractivity contribution in [2.24, 2.45) is 5.73 Å². The first kappa shape index (κ1) is 21.4. The molecule has 5 rings (SSSR count). The number of aryl methyl sites for hydroxylation is 3. The number of hydrogen-bond donors (Lipinski definition) is 1. The number of nitrogens with zero attached hydrogens (tertiary/aromatic N) is 3. The zero-order valence-corrected chi connectivity index (χ0v) is 18.8. The third-order valence-corrected chi connectivity index (χ3v) is 6.39. The molecule has 0 bridgehead atoms. The second kappa shape index (κ2) is 8.83. The lowest BCUT2D eigenvalue weighted by molar-refractivity contribution is -0.141. The molecule has 170 valence electrons. The SMILES string of the molecule is CC(=O)On1c(=O)c(-c2cn(CCCCN)c3ccccc23)nc2cc3c(cc21)CCCC3. The maximum Gasteiger partial charge on any atom is 0.330 e. The molecule has 7 nitrogen and oxygen atoms in total. The van der Waals surface area contributed by atoms with Crippen molar-refractivity contribution < 1.29 is 9.63 Å². The molecule has 2 aromatic heterocycles. The van der Waals surface area contributed by atoms with Crippen LogP contribution in [0.1, 0.15) is 43.7 Å². The van der Waals surface area contributed by atoms with Crippen LogP contribution in [0.5, 0.6) is 0 Å². The summed E-state index contributed by atoms with van der Waals surface area (Å²) in [6.45, 7) is 2.76. The summed E-state index contributed by atoms with van der Waals surface area (Å²) in [6.07, 6.45) is 8.07. The number of carbonyl (C=O) groups is 1. The Morgan fingerprint density at radius 1 is 1.09 bits per heavy atom. The van der Waals surface area contributed by atoms with Gasteiger partial charge in [0.2, 0.25) is 0 Å². The quantitative estimate of drug-likeness (QED) is 0.459. The van der Waals surface area contributed by atoms with Gasteiger partial charge < -0.3 is 15.1 Å². The van der Waals surface area contributed by atoms with Gasteiger partial charge in [-0.2, -0.15) is 0 Å². The van der Waals surface area contributed by atoms with E-state index in [4.69, 9.17) is 15.6 Å². The Balaban J connectivity index is 1.74. The summed E-state index contributed by atoms with van der Waals surface area (Å²) in [5, 5.41) is 0.946. The number of carbonyl (C=O) groups excluding carboxylic acids is 1. The average Bonchev–Trinajstić information content (AvgIpc) is 3.18. The van der Waals surface area contributed by atoms with Crippen LogP contribution in [-0.4, -0.2) is 26.8 Å². The third-order valence-electron chi connectivity index (χ3n) is 6.39. The largest absolute Gasteiger partial charge is 0.347 e. The van der Waals surface area contributed by atoms with Crippen LogP contribution in [0.2, 0.25) is 0 Å². The Bertz CT molecular complexity index is 1420. The smallest absolute Gasteiger partial charge is 0.330 e. The lowest BCUT2D eigenvalue weighted by Crippen LogP contribution is -2.32. The van der Waals surface area contributed by atoms with Gasteiger partial charge in [0.25, 0.3) is 0 Å². The zero-order chi connectivity index (χ0) is 22.9. The molecule has 1 aliphatic rings. The molecule has 2 N–H and O–H groups in total. The monoisotopic (exact) mass is 444 g/mol. The maximum atomic E-state index is 13.6. The number of benzene rings is 2. The van der Waals surface area contributed by atoms with Gasteiger partial charge >= 0.3 is 11.5 Å². The molecule has 4 aromatic rings. The van der Waals surface area contributed by atoms with E-state index in [-0.39, 0.29) is 5.69 Å². The van der Waals surface area contributed by atoms with Gasteiger partial charge in [-0.1, -0.05) is 18.2 Å². The minimum atomic E-state index is -0.544. The second-order valence-corrected chi connectivity index (χ2v) is 8.71. The van der Waals surface area contributed by atoms with Crippen LogP contribution >= 0.6 is 0 Å². The Morgan fingerprint density at radius 3 is 2.61 bits per heavy atom. The van der Waals surface area contributed by atoms with E-state index in [0.717, 1.165) is 66.3 Å². The van der Waals surface area contributed by atoms with Crippen molar-refractivity contribution in [3.8, 4) is 11.3 Å². The molecule has 2 aromatic carbocycles. The van der Waals surface area contributed by atoms with Crippen LogP contribution in [0.15, 0.2) is 47.4 Å². The predicted molar refractivity (Wildman–Crippen MR) is 129 cm³/mol. The fraction of sp³-hybridized carbons (Fsp3) is 0.346. The van der Waals surface area contributed by atoms with E-state index >= 15 is 0 Å². The van der Waals surface area contributed by atoms with E-state index in [9.17, 15) is 9.59 Å². The highest BCUT2D eigenvalue weighted by molar-refractivity contribution is 5.96. The molecule has 0 amide bonds. The minimum absolute atomic E-state index is 0.285. The molecule has 0 radical (unpaired) electrons. The molecule has 2 heterocycles. The molecule has 1 aliphatic carbocycles. The average molecular weight is 445 g/mol.